The van der Waals surface area contributed by atoms with Gasteiger partial charge in [-0.05, 0) is 65.5 Å². The summed E-state index contributed by atoms with van der Waals surface area (Å²) in [4.78, 5) is 0. The van der Waals surface area contributed by atoms with Crippen LogP contribution >= 0.6 is 0 Å². The average molecular weight is 451 g/mol. The molecule has 0 unspecified atom stereocenters. The third-order valence-electron chi connectivity index (χ3n) is 2.46. The molecule has 0 saturated carbocycles. The molecule has 23 heavy (non-hydrogen) atoms. The average Bonchev–Trinajstić information content (AvgIpc) is 1.84. The predicted molar refractivity (Wildman–Crippen MR) is 94.2 cm³/mol. The first-order valence-corrected chi connectivity index (χ1v) is 21.1. The summed E-state index contributed by atoms with van der Waals surface area (Å²) < 4.78 is 31.5. The summed E-state index contributed by atoms with van der Waals surface area (Å²) in [5.41, 5.74) is 0. The van der Waals surface area contributed by atoms with Gasteiger partial charge in [0.2, 0.25) is 0 Å². The van der Waals surface area contributed by atoms with E-state index in [9.17, 15) is 0 Å². The maximum atomic E-state index is 6.30. The molecule has 136 valence electrons. The van der Waals surface area contributed by atoms with Crippen LogP contribution in [0.4, 0.5) is 0 Å². The van der Waals surface area contributed by atoms with Crippen molar-refractivity contribution in [3.8, 4) is 0 Å². The molecule has 0 aromatic heterocycles. The SMILES string of the molecule is C[Si]1(C)O[Si](C)(C)O[Si](C)(C)O[Si](C)(C)O[Si](C)(C)O1.[O-2].[O-2].[Ti+4]. The molecule has 13 heteroatoms. The summed E-state index contributed by atoms with van der Waals surface area (Å²) in [6.45, 7) is 20.8. The molecular formula is C10H30O7Si5Ti. The smallest absolute Gasteiger partial charge is 2.00 e. The fourth-order valence-corrected chi connectivity index (χ4v) is 29.4. The number of hydrogen-bond donors (Lipinski definition) is 0. The molecule has 0 spiro atoms. The van der Waals surface area contributed by atoms with Crippen molar-refractivity contribution in [3.63, 3.8) is 0 Å². The molecule has 0 aromatic rings. The first-order valence-electron chi connectivity index (χ1n) is 7.04. The van der Waals surface area contributed by atoms with E-state index in [1.54, 1.807) is 0 Å². The molecule has 0 amide bonds. The van der Waals surface area contributed by atoms with E-state index >= 15 is 0 Å². The molecule has 0 aromatic carbocycles. The van der Waals surface area contributed by atoms with E-state index in [4.69, 9.17) is 20.6 Å². The van der Waals surface area contributed by atoms with Crippen LogP contribution in [0.15, 0.2) is 0 Å². The molecule has 1 rings (SSSR count). The molecule has 1 aliphatic rings. The van der Waals surface area contributed by atoms with Gasteiger partial charge >= 0.3 is 64.5 Å². The topological polar surface area (TPSA) is 103 Å². The third kappa shape index (κ3) is 11.0. The van der Waals surface area contributed by atoms with Crippen LogP contribution in [0.25, 0.3) is 0 Å². The van der Waals surface area contributed by atoms with Gasteiger partial charge in [0.25, 0.3) is 0 Å². The van der Waals surface area contributed by atoms with Crippen molar-refractivity contribution in [2.24, 2.45) is 0 Å². The van der Waals surface area contributed by atoms with Crippen molar-refractivity contribution < 1.29 is 53.2 Å². The molecule has 0 radical (unpaired) electrons. The van der Waals surface area contributed by atoms with Gasteiger partial charge in [-0.3, -0.25) is 0 Å². The van der Waals surface area contributed by atoms with Crippen LogP contribution in [0.5, 0.6) is 0 Å². The molecule has 0 aliphatic carbocycles. The summed E-state index contributed by atoms with van der Waals surface area (Å²) in [6, 6.07) is 0. The van der Waals surface area contributed by atoms with Crippen LogP contribution in [0.1, 0.15) is 0 Å². The number of hydrogen-bond acceptors (Lipinski definition) is 5. The second-order valence-corrected chi connectivity index (χ2v) is 25.6. The third-order valence-corrected chi connectivity index (χ3v) is 22.1. The molecule has 1 fully saturated rings. The van der Waals surface area contributed by atoms with Gasteiger partial charge < -0.3 is 31.5 Å². The Labute approximate surface area is 161 Å². The van der Waals surface area contributed by atoms with Crippen LogP contribution in [-0.2, 0) is 53.2 Å². The summed E-state index contributed by atoms with van der Waals surface area (Å²) in [6.07, 6.45) is 0. The minimum absolute atomic E-state index is 0. The molecule has 0 atom stereocenters. The minimum atomic E-state index is -2.26. The second-order valence-electron chi connectivity index (χ2n) is 7.51. The first-order chi connectivity index (χ1) is 8.54. The zero-order valence-electron chi connectivity index (χ0n) is 15.9. The van der Waals surface area contributed by atoms with Crippen LogP contribution in [0.2, 0.25) is 65.5 Å². The van der Waals surface area contributed by atoms with Crippen molar-refractivity contribution in [2.75, 3.05) is 0 Å². The Bertz CT molecular complexity index is 277. The second kappa shape index (κ2) is 8.94. The normalized spacial score (nSPS) is 27.4. The van der Waals surface area contributed by atoms with E-state index in [0.29, 0.717) is 0 Å². The van der Waals surface area contributed by atoms with Gasteiger partial charge in [0.05, 0.1) is 0 Å². The number of rotatable bonds is 0. The molecule has 7 nitrogen and oxygen atoms in total. The van der Waals surface area contributed by atoms with Crippen molar-refractivity contribution in [2.45, 2.75) is 65.5 Å². The standard InChI is InChI=1S/C10H30O5Si5.2O.Ti/c1-16(2)11-17(3,4)13-19(7,8)15-20(9,10)14-18(5,6)12-16;;;/h1-10H3;;;/q;2*-2;+4. The van der Waals surface area contributed by atoms with Gasteiger partial charge in [-0.2, -0.15) is 0 Å². The first kappa shape index (κ1) is 29.3. The Kier molecular flexibility index (Phi) is 11.4. The Morgan fingerprint density at radius 2 is 0.435 bits per heavy atom. The van der Waals surface area contributed by atoms with E-state index in [1.165, 1.54) is 0 Å². The Morgan fingerprint density at radius 1 is 0.348 bits per heavy atom. The van der Waals surface area contributed by atoms with Gasteiger partial charge in [0.1, 0.15) is 0 Å². The molecular weight excluding hydrogens is 420 g/mol. The van der Waals surface area contributed by atoms with Gasteiger partial charge in [-0.25, -0.2) is 0 Å². The van der Waals surface area contributed by atoms with Crippen LogP contribution in [0, 0.1) is 0 Å². The fourth-order valence-electron chi connectivity index (χ4n) is 3.06. The maximum absolute atomic E-state index is 6.30. The molecule has 1 heterocycles. The van der Waals surface area contributed by atoms with Crippen molar-refractivity contribution in [3.05, 3.63) is 0 Å². The quantitative estimate of drug-likeness (QED) is 0.527. The van der Waals surface area contributed by atoms with E-state index in [1.807, 2.05) is 0 Å². The molecule has 1 saturated heterocycles. The van der Waals surface area contributed by atoms with E-state index in [0.717, 1.165) is 0 Å². The largest absolute Gasteiger partial charge is 4.00 e. The fraction of sp³-hybridized carbons (Fsp3) is 1.00. The summed E-state index contributed by atoms with van der Waals surface area (Å²) >= 11 is 0. The summed E-state index contributed by atoms with van der Waals surface area (Å²) in [5, 5.41) is 0. The van der Waals surface area contributed by atoms with E-state index in [-0.39, 0.29) is 32.7 Å². The molecule has 0 bridgehead atoms. The van der Waals surface area contributed by atoms with Gasteiger partial charge in [-0.15, -0.1) is 0 Å². The van der Waals surface area contributed by atoms with Crippen LogP contribution < -0.4 is 0 Å². The van der Waals surface area contributed by atoms with Gasteiger partial charge in [0, 0.05) is 0 Å². The van der Waals surface area contributed by atoms with Crippen LogP contribution in [0.3, 0.4) is 0 Å². The molecule has 0 N–H and O–H groups in total. The van der Waals surface area contributed by atoms with Gasteiger partial charge in [0.15, 0.2) is 0 Å². The maximum Gasteiger partial charge on any atom is 4.00 e. The molecule has 1 aliphatic heterocycles. The van der Waals surface area contributed by atoms with Gasteiger partial charge in [-0.1, -0.05) is 0 Å². The Morgan fingerprint density at radius 3 is 0.522 bits per heavy atom. The Hall–Kier alpha value is 1.52. The summed E-state index contributed by atoms with van der Waals surface area (Å²) in [5.74, 6) is 0. The van der Waals surface area contributed by atoms with Crippen molar-refractivity contribution in [1.29, 1.82) is 0 Å². The van der Waals surface area contributed by atoms with Crippen LogP contribution in [-0.4, -0.2) is 42.8 Å². The van der Waals surface area contributed by atoms with E-state index in [2.05, 4.69) is 65.5 Å². The zero-order valence-corrected chi connectivity index (χ0v) is 22.4. The van der Waals surface area contributed by atoms with Crippen molar-refractivity contribution in [1.82, 2.24) is 0 Å². The van der Waals surface area contributed by atoms with Crippen molar-refractivity contribution >= 4 is 42.8 Å². The predicted octanol–water partition coefficient (Wildman–Crippen LogP) is 3.35. The Balaban J connectivity index is -0.00000133. The summed E-state index contributed by atoms with van der Waals surface area (Å²) in [7, 11) is -11.3. The monoisotopic (exact) mass is 450 g/mol. The van der Waals surface area contributed by atoms with E-state index < -0.39 is 42.8 Å². The zero-order chi connectivity index (χ0) is 16.0. The minimum Gasteiger partial charge on any atom is -2.00 e.